The van der Waals surface area contributed by atoms with Gasteiger partial charge < -0.3 is 4.90 Å². The molecule has 0 fully saturated rings. The molecule has 1 atom stereocenters. The van der Waals surface area contributed by atoms with Gasteiger partial charge in [0, 0.05) is 12.2 Å². The number of anilines is 1. The highest BCUT2D eigenvalue weighted by atomic mass is 35.5. The third-order valence-electron chi connectivity index (χ3n) is 2.96. The minimum absolute atomic E-state index is 0.0958. The van der Waals surface area contributed by atoms with Crippen LogP contribution in [-0.4, -0.2) is 12.5 Å². The molecule has 0 saturated heterocycles. The molecule has 0 radical (unpaired) electrons. The van der Waals surface area contributed by atoms with Gasteiger partial charge in [-0.3, -0.25) is 4.79 Å². The van der Waals surface area contributed by atoms with Gasteiger partial charge in [-0.05, 0) is 24.6 Å². The largest absolute Gasteiger partial charge is 0.311 e. The molecule has 0 aliphatic heterocycles. The normalized spacial score (nSPS) is 11.9. The highest BCUT2D eigenvalue weighted by Gasteiger charge is 2.23. The van der Waals surface area contributed by atoms with Crippen LogP contribution in [-0.2, 0) is 4.79 Å². The predicted octanol–water partition coefficient (Wildman–Crippen LogP) is 4.02. The summed E-state index contributed by atoms with van der Waals surface area (Å²) < 4.78 is 0. The van der Waals surface area contributed by atoms with Gasteiger partial charge in [0.1, 0.15) is 5.38 Å². The zero-order chi connectivity index (χ0) is 13.7. The lowest BCUT2D eigenvalue weighted by Gasteiger charge is -2.23. The molecular formula is C16H16ClNO. The number of carbonyl (C=O) groups is 1. The van der Waals surface area contributed by atoms with E-state index in [-0.39, 0.29) is 5.91 Å². The summed E-state index contributed by atoms with van der Waals surface area (Å²) in [5, 5.41) is -0.652. The minimum atomic E-state index is -0.652. The Labute approximate surface area is 118 Å². The lowest BCUT2D eigenvalue weighted by Crippen LogP contribution is -2.33. The number of hydrogen-bond acceptors (Lipinski definition) is 1. The zero-order valence-corrected chi connectivity index (χ0v) is 11.5. The van der Waals surface area contributed by atoms with Gasteiger partial charge in [0.15, 0.2) is 0 Å². The molecule has 0 bridgehead atoms. The number of halogens is 1. The van der Waals surface area contributed by atoms with Gasteiger partial charge >= 0.3 is 0 Å². The first-order valence-corrected chi connectivity index (χ1v) is 6.73. The van der Waals surface area contributed by atoms with E-state index in [0.29, 0.717) is 6.54 Å². The molecule has 0 spiro atoms. The van der Waals surface area contributed by atoms with Crippen LogP contribution in [0.1, 0.15) is 17.9 Å². The maximum Gasteiger partial charge on any atom is 0.249 e. The van der Waals surface area contributed by atoms with Gasteiger partial charge in [0.2, 0.25) is 5.91 Å². The quantitative estimate of drug-likeness (QED) is 0.771. The molecule has 0 heterocycles. The molecule has 0 aromatic heterocycles. The molecule has 98 valence electrons. The molecule has 2 rings (SSSR count). The topological polar surface area (TPSA) is 20.3 Å². The Hall–Kier alpha value is -1.80. The van der Waals surface area contributed by atoms with Crippen LogP contribution in [0.3, 0.4) is 0 Å². The van der Waals surface area contributed by atoms with Crippen molar-refractivity contribution in [3.8, 4) is 0 Å². The molecule has 2 aromatic carbocycles. The van der Waals surface area contributed by atoms with Crippen molar-refractivity contribution in [2.45, 2.75) is 12.3 Å². The summed E-state index contributed by atoms with van der Waals surface area (Å²) >= 11 is 6.29. The van der Waals surface area contributed by atoms with Crippen molar-refractivity contribution >= 4 is 23.2 Å². The summed E-state index contributed by atoms with van der Waals surface area (Å²) in [4.78, 5) is 14.2. The van der Waals surface area contributed by atoms with E-state index in [1.54, 1.807) is 4.90 Å². The second kappa shape index (κ2) is 6.39. The van der Waals surface area contributed by atoms with E-state index in [1.807, 2.05) is 67.6 Å². The first-order chi connectivity index (χ1) is 9.24. The molecule has 2 nitrogen and oxygen atoms in total. The van der Waals surface area contributed by atoms with E-state index in [1.165, 1.54) is 0 Å². The van der Waals surface area contributed by atoms with E-state index < -0.39 is 5.38 Å². The monoisotopic (exact) mass is 273 g/mol. The Morgan fingerprint density at radius 2 is 1.58 bits per heavy atom. The lowest BCUT2D eigenvalue weighted by molar-refractivity contribution is -0.118. The molecular weight excluding hydrogens is 258 g/mol. The zero-order valence-electron chi connectivity index (χ0n) is 10.8. The summed E-state index contributed by atoms with van der Waals surface area (Å²) in [6, 6.07) is 19.0. The summed E-state index contributed by atoms with van der Waals surface area (Å²) in [7, 11) is 0. The van der Waals surface area contributed by atoms with Gasteiger partial charge in [-0.2, -0.15) is 0 Å². The number of rotatable bonds is 4. The summed E-state index contributed by atoms with van der Waals surface area (Å²) in [5.74, 6) is -0.0958. The van der Waals surface area contributed by atoms with E-state index in [4.69, 9.17) is 11.6 Å². The average molecular weight is 274 g/mol. The molecule has 2 aromatic rings. The number of carbonyl (C=O) groups excluding carboxylic acids is 1. The van der Waals surface area contributed by atoms with Crippen molar-refractivity contribution in [1.82, 2.24) is 0 Å². The van der Waals surface area contributed by atoms with Crippen LogP contribution in [0.15, 0.2) is 60.7 Å². The van der Waals surface area contributed by atoms with Crippen LogP contribution >= 0.6 is 11.6 Å². The van der Waals surface area contributed by atoms with Gasteiger partial charge in [-0.15, -0.1) is 11.6 Å². The standard InChI is InChI=1S/C16H16ClNO/c1-2-18(14-11-7-4-8-12-14)16(19)15(17)13-9-5-3-6-10-13/h3-12,15H,2H2,1H3. The van der Waals surface area contributed by atoms with Crippen molar-refractivity contribution in [2.24, 2.45) is 0 Å². The summed E-state index contributed by atoms with van der Waals surface area (Å²) in [5.41, 5.74) is 1.69. The number of amides is 1. The van der Waals surface area contributed by atoms with E-state index >= 15 is 0 Å². The lowest BCUT2D eigenvalue weighted by atomic mass is 10.1. The van der Waals surface area contributed by atoms with E-state index in [0.717, 1.165) is 11.3 Å². The number of likely N-dealkylation sites (N-methyl/N-ethyl adjacent to an activating group) is 1. The van der Waals surface area contributed by atoms with Crippen molar-refractivity contribution in [3.63, 3.8) is 0 Å². The highest BCUT2D eigenvalue weighted by Crippen LogP contribution is 2.25. The van der Waals surface area contributed by atoms with Gasteiger partial charge in [-0.1, -0.05) is 48.5 Å². The molecule has 1 amide bonds. The van der Waals surface area contributed by atoms with Crippen molar-refractivity contribution in [3.05, 3.63) is 66.2 Å². The minimum Gasteiger partial charge on any atom is -0.311 e. The number of para-hydroxylation sites is 1. The molecule has 3 heteroatoms. The molecule has 19 heavy (non-hydrogen) atoms. The summed E-state index contributed by atoms with van der Waals surface area (Å²) in [6.07, 6.45) is 0. The van der Waals surface area contributed by atoms with Crippen LogP contribution in [0.25, 0.3) is 0 Å². The number of hydrogen-bond donors (Lipinski definition) is 0. The van der Waals surface area contributed by atoms with Gasteiger partial charge in [-0.25, -0.2) is 0 Å². The maximum absolute atomic E-state index is 12.5. The average Bonchev–Trinajstić information content (AvgIpc) is 2.49. The van der Waals surface area contributed by atoms with Crippen molar-refractivity contribution in [1.29, 1.82) is 0 Å². The number of benzene rings is 2. The third kappa shape index (κ3) is 3.15. The molecule has 0 aliphatic carbocycles. The smallest absolute Gasteiger partial charge is 0.249 e. The Kier molecular flexibility index (Phi) is 4.58. The van der Waals surface area contributed by atoms with Crippen LogP contribution in [0.2, 0.25) is 0 Å². The van der Waals surface area contributed by atoms with Crippen LogP contribution in [0, 0.1) is 0 Å². The Morgan fingerprint density at radius 1 is 1.05 bits per heavy atom. The second-order valence-corrected chi connectivity index (χ2v) is 4.63. The van der Waals surface area contributed by atoms with E-state index in [9.17, 15) is 4.79 Å². The third-order valence-corrected chi connectivity index (χ3v) is 3.40. The SMILES string of the molecule is CCN(C(=O)C(Cl)c1ccccc1)c1ccccc1. The fourth-order valence-corrected chi connectivity index (χ4v) is 2.24. The van der Waals surface area contributed by atoms with Crippen LogP contribution < -0.4 is 4.90 Å². The van der Waals surface area contributed by atoms with Crippen molar-refractivity contribution in [2.75, 3.05) is 11.4 Å². The molecule has 0 aliphatic rings. The Bertz CT molecular complexity index is 527. The first-order valence-electron chi connectivity index (χ1n) is 6.29. The Morgan fingerprint density at radius 3 is 2.11 bits per heavy atom. The second-order valence-electron chi connectivity index (χ2n) is 4.19. The molecule has 1 unspecified atom stereocenters. The summed E-state index contributed by atoms with van der Waals surface area (Å²) in [6.45, 7) is 2.54. The van der Waals surface area contributed by atoms with E-state index in [2.05, 4.69) is 0 Å². The predicted molar refractivity (Wildman–Crippen MR) is 79.5 cm³/mol. The fraction of sp³-hybridized carbons (Fsp3) is 0.188. The highest BCUT2D eigenvalue weighted by molar-refractivity contribution is 6.32. The van der Waals surface area contributed by atoms with Gasteiger partial charge in [0.05, 0.1) is 0 Å². The first kappa shape index (κ1) is 13.6. The maximum atomic E-state index is 12.5. The van der Waals surface area contributed by atoms with Crippen molar-refractivity contribution < 1.29 is 4.79 Å². The molecule has 0 saturated carbocycles. The molecule has 0 N–H and O–H groups in total. The fourth-order valence-electron chi connectivity index (χ4n) is 1.97. The Balaban J connectivity index is 2.22. The number of alkyl halides is 1. The number of nitrogens with zero attached hydrogens (tertiary/aromatic N) is 1. The van der Waals surface area contributed by atoms with Gasteiger partial charge in [0.25, 0.3) is 0 Å². The van der Waals surface area contributed by atoms with Crippen LogP contribution in [0.4, 0.5) is 5.69 Å². The van der Waals surface area contributed by atoms with Crippen LogP contribution in [0.5, 0.6) is 0 Å².